The smallest absolute Gasteiger partial charge is 0.0543 e. The van der Waals surface area contributed by atoms with Gasteiger partial charge in [0.05, 0.1) is 6.10 Å². The van der Waals surface area contributed by atoms with Gasteiger partial charge in [0.15, 0.2) is 0 Å². The highest BCUT2D eigenvalue weighted by molar-refractivity contribution is 5.15. The first kappa shape index (κ1) is 15.2. The van der Waals surface area contributed by atoms with E-state index in [1.165, 1.54) is 18.4 Å². The maximum absolute atomic E-state index is 5.33. The summed E-state index contributed by atoms with van der Waals surface area (Å²) in [7, 11) is 1.79. The highest BCUT2D eigenvalue weighted by atomic mass is 16.5. The molecule has 0 aliphatic heterocycles. The predicted molar refractivity (Wildman–Crippen MR) is 77.9 cm³/mol. The number of methoxy groups -OCH3 is 1. The van der Waals surface area contributed by atoms with E-state index in [4.69, 9.17) is 4.74 Å². The summed E-state index contributed by atoms with van der Waals surface area (Å²) in [6.45, 7) is 5.45. The second-order valence-corrected chi connectivity index (χ2v) is 4.96. The first-order valence-electron chi connectivity index (χ1n) is 7.06. The van der Waals surface area contributed by atoms with E-state index >= 15 is 0 Å². The third kappa shape index (κ3) is 6.18. The minimum Gasteiger partial charge on any atom is -0.382 e. The summed E-state index contributed by atoms with van der Waals surface area (Å²) in [4.78, 5) is 0. The largest absolute Gasteiger partial charge is 0.382 e. The van der Waals surface area contributed by atoms with Crippen LogP contribution >= 0.6 is 0 Å². The fraction of sp³-hybridized carbons (Fsp3) is 0.625. The summed E-state index contributed by atoms with van der Waals surface area (Å²) in [5.41, 5.74) is 1.41. The van der Waals surface area contributed by atoms with E-state index < -0.39 is 0 Å². The van der Waals surface area contributed by atoms with Gasteiger partial charge in [0.1, 0.15) is 0 Å². The van der Waals surface area contributed by atoms with Crippen molar-refractivity contribution in [3.05, 3.63) is 35.9 Å². The van der Waals surface area contributed by atoms with E-state index in [1.807, 2.05) is 0 Å². The summed E-state index contributed by atoms with van der Waals surface area (Å²) in [6, 6.07) is 11.3. The van der Waals surface area contributed by atoms with E-state index in [9.17, 15) is 0 Å². The highest BCUT2D eigenvalue weighted by Crippen LogP contribution is 2.10. The number of hydrogen-bond donors (Lipinski definition) is 1. The van der Waals surface area contributed by atoms with E-state index in [0.717, 1.165) is 19.4 Å². The van der Waals surface area contributed by atoms with Crippen molar-refractivity contribution in [2.45, 2.75) is 51.7 Å². The molecule has 0 fully saturated rings. The van der Waals surface area contributed by atoms with Crippen molar-refractivity contribution in [3.8, 4) is 0 Å². The fourth-order valence-corrected chi connectivity index (χ4v) is 2.08. The Hall–Kier alpha value is -0.860. The molecule has 0 bridgehead atoms. The Morgan fingerprint density at radius 1 is 1.17 bits per heavy atom. The molecule has 0 aliphatic rings. The maximum atomic E-state index is 5.33. The van der Waals surface area contributed by atoms with Gasteiger partial charge in [0.25, 0.3) is 0 Å². The quantitative estimate of drug-likeness (QED) is 0.724. The van der Waals surface area contributed by atoms with Crippen molar-refractivity contribution < 1.29 is 4.74 Å². The Morgan fingerprint density at radius 3 is 2.50 bits per heavy atom. The van der Waals surface area contributed by atoms with Crippen LogP contribution in [0.2, 0.25) is 0 Å². The number of rotatable bonds is 9. The molecule has 1 aromatic carbocycles. The van der Waals surface area contributed by atoms with Gasteiger partial charge in [0.2, 0.25) is 0 Å². The van der Waals surface area contributed by atoms with Crippen LogP contribution in [0.1, 0.15) is 38.7 Å². The first-order valence-corrected chi connectivity index (χ1v) is 7.06. The molecule has 2 atom stereocenters. The van der Waals surface area contributed by atoms with Gasteiger partial charge in [0, 0.05) is 13.2 Å². The zero-order valence-corrected chi connectivity index (χ0v) is 12.0. The van der Waals surface area contributed by atoms with E-state index in [0.29, 0.717) is 12.1 Å². The lowest BCUT2D eigenvalue weighted by molar-refractivity contribution is 0.106. The van der Waals surface area contributed by atoms with E-state index in [2.05, 4.69) is 49.5 Å². The van der Waals surface area contributed by atoms with Gasteiger partial charge >= 0.3 is 0 Å². The van der Waals surface area contributed by atoms with Crippen LogP contribution < -0.4 is 5.32 Å². The maximum Gasteiger partial charge on any atom is 0.0543 e. The van der Waals surface area contributed by atoms with Gasteiger partial charge in [-0.25, -0.2) is 0 Å². The molecule has 1 aromatic rings. The van der Waals surface area contributed by atoms with Gasteiger partial charge < -0.3 is 10.1 Å². The van der Waals surface area contributed by atoms with Gasteiger partial charge in [-0.05, 0) is 44.7 Å². The molecule has 0 amide bonds. The molecule has 1 rings (SSSR count). The summed E-state index contributed by atoms with van der Waals surface area (Å²) in [5, 5.41) is 3.64. The Kier molecular flexibility index (Phi) is 7.70. The van der Waals surface area contributed by atoms with Crippen molar-refractivity contribution in [2.75, 3.05) is 13.7 Å². The lowest BCUT2D eigenvalue weighted by Gasteiger charge is -2.20. The second-order valence-electron chi connectivity index (χ2n) is 4.96. The van der Waals surface area contributed by atoms with Crippen LogP contribution in [0.15, 0.2) is 30.3 Å². The van der Waals surface area contributed by atoms with Crippen molar-refractivity contribution in [3.63, 3.8) is 0 Å². The third-order valence-corrected chi connectivity index (χ3v) is 3.33. The molecule has 0 heterocycles. The molecular weight excluding hydrogens is 222 g/mol. The summed E-state index contributed by atoms with van der Waals surface area (Å²) < 4.78 is 5.33. The number of hydrogen-bond acceptors (Lipinski definition) is 2. The molecule has 102 valence electrons. The normalized spacial score (nSPS) is 14.4. The Morgan fingerprint density at radius 2 is 1.89 bits per heavy atom. The van der Waals surface area contributed by atoms with Crippen molar-refractivity contribution in [1.82, 2.24) is 5.32 Å². The average Bonchev–Trinajstić information content (AvgIpc) is 2.42. The zero-order chi connectivity index (χ0) is 13.2. The molecule has 2 nitrogen and oxygen atoms in total. The van der Waals surface area contributed by atoms with Crippen molar-refractivity contribution >= 4 is 0 Å². The molecular formula is C16H27NO. The van der Waals surface area contributed by atoms with Gasteiger partial charge in [-0.15, -0.1) is 0 Å². The second kappa shape index (κ2) is 9.12. The monoisotopic (exact) mass is 249 g/mol. The molecule has 0 saturated carbocycles. The highest BCUT2D eigenvalue weighted by Gasteiger charge is 2.10. The minimum absolute atomic E-state index is 0.353. The molecule has 2 unspecified atom stereocenters. The molecule has 0 aliphatic carbocycles. The molecule has 0 saturated heterocycles. The Balaban J connectivity index is 2.44. The minimum atomic E-state index is 0.353. The molecule has 2 heteroatoms. The lowest BCUT2D eigenvalue weighted by atomic mass is 10.0. The molecule has 0 radical (unpaired) electrons. The van der Waals surface area contributed by atoms with Crippen LogP contribution in [0.5, 0.6) is 0 Å². The molecule has 0 spiro atoms. The molecule has 18 heavy (non-hydrogen) atoms. The zero-order valence-electron chi connectivity index (χ0n) is 12.0. The van der Waals surface area contributed by atoms with E-state index in [1.54, 1.807) is 7.11 Å². The van der Waals surface area contributed by atoms with E-state index in [-0.39, 0.29) is 0 Å². The number of benzene rings is 1. The first-order chi connectivity index (χ1) is 8.76. The van der Waals surface area contributed by atoms with Crippen LogP contribution in [0.3, 0.4) is 0 Å². The third-order valence-electron chi connectivity index (χ3n) is 3.33. The van der Waals surface area contributed by atoms with Gasteiger partial charge in [-0.2, -0.15) is 0 Å². The Bertz CT molecular complexity index is 299. The van der Waals surface area contributed by atoms with Crippen LogP contribution in [0, 0.1) is 0 Å². The van der Waals surface area contributed by atoms with Gasteiger partial charge in [-0.1, -0.05) is 37.3 Å². The summed E-state index contributed by atoms with van der Waals surface area (Å²) in [6.07, 6.45) is 4.93. The van der Waals surface area contributed by atoms with Crippen LogP contribution in [0.4, 0.5) is 0 Å². The predicted octanol–water partition coefficient (Wildman–Crippen LogP) is 3.41. The average molecular weight is 249 g/mol. The lowest BCUT2D eigenvalue weighted by Crippen LogP contribution is -2.32. The summed E-state index contributed by atoms with van der Waals surface area (Å²) >= 11 is 0. The molecule has 1 N–H and O–H groups in total. The number of ether oxygens (including phenoxy) is 1. The number of nitrogens with one attached hydrogen (secondary N) is 1. The van der Waals surface area contributed by atoms with Crippen LogP contribution in [0.25, 0.3) is 0 Å². The van der Waals surface area contributed by atoms with Crippen molar-refractivity contribution in [2.24, 2.45) is 0 Å². The fourth-order valence-electron chi connectivity index (χ4n) is 2.08. The van der Waals surface area contributed by atoms with Crippen LogP contribution in [-0.2, 0) is 11.2 Å². The van der Waals surface area contributed by atoms with Crippen molar-refractivity contribution in [1.29, 1.82) is 0 Å². The van der Waals surface area contributed by atoms with Gasteiger partial charge in [-0.3, -0.25) is 0 Å². The van der Waals surface area contributed by atoms with Crippen LogP contribution in [-0.4, -0.2) is 25.8 Å². The SMILES string of the molecule is CCCNC(CCC(C)OC)Cc1ccccc1. The topological polar surface area (TPSA) is 21.3 Å². The molecule has 0 aromatic heterocycles. The summed E-state index contributed by atoms with van der Waals surface area (Å²) in [5.74, 6) is 0. The Labute approximate surface area is 112 Å². The standard InChI is InChI=1S/C16H27NO/c1-4-12-17-16(11-10-14(2)18-3)13-15-8-6-5-7-9-15/h5-9,14,16-17H,4,10-13H2,1-3H3.